The van der Waals surface area contributed by atoms with Gasteiger partial charge in [0.15, 0.2) is 5.11 Å². The topological polar surface area (TPSA) is 50.4 Å². The molecule has 0 atom stereocenters. The predicted octanol–water partition coefficient (Wildman–Crippen LogP) is 2.54. The molecular weight excluding hydrogens is 230 g/mol. The second-order valence-corrected chi connectivity index (χ2v) is 5.44. The summed E-state index contributed by atoms with van der Waals surface area (Å²) in [6.45, 7) is 8.49. The summed E-state index contributed by atoms with van der Waals surface area (Å²) >= 11 is 4.69. The largest absolute Gasteiger partial charge is 0.375 e. The maximum atomic E-state index is 5.31. The highest BCUT2D eigenvalue weighted by Crippen LogP contribution is 2.22. The smallest absolute Gasteiger partial charge is 0.184 e. The van der Waals surface area contributed by atoms with Crippen molar-refractivity contribution in [1.29, 1.82) is 0 Å². The van der Waals surface area contributed by atoms with Crippen LogP contribution in [0.15, 0.2) is 29.4 Å². The van der Waals surface area contributed by atoms with Gasteiger partial charge in [0.05, 0.1) is 5.71 Å². The van der Waals surface area contributed by atoms with E-state index in [0.29, 0.717) is 0 Å². The van der Waals surface area contributed by atoms with Crippen molar-refractivity contribution < 1.29 is 0 Å². The lowest BCUT2D eigenvalue weighted by Crippen LogP contribution is -2.25. The van der Waals surface area contributed by atoms with E-state index in [2.05, 4.69) is 55.6 Å². The molecule has 0 bridgehead atoms. The highest BCUT2D eigenvalue weighted by atomic mass is 32.1. The summed E-state index contributed by atoms with van der Waals surface area (Å²) in [5, 5.41) is 4.26. The van der Waals surface area contributed by atoms with Crippen LogP contribution in [0.25, 0.3) is 0 Å². The Kier molecular flexibility index (Phi) is 4.23. The first-order valence-electron chi connectivity index (χ1n) is 5.51. The van der Waals surface area contributed by atoms with E-state index in [-0.39, 0.29) is 10.5 Å². The van der Waals surface area contributed by atoms with Crippen LogP contribution in [0.4, 0.5) is 0 Å². The van der Waals surface area contributed by atoms with E-state index >= 15 is 0 Å². The standard InChI is InChI=1S/C13H19N3S/c1-9(15-16-12(14)17)10-5-7-11(8-6-10)13(2,3)4/h5-8H,1-4H3,(H3,14,16,17)/b15-9-. The van der Waals surface area contributed by atoms with Crippen LogP contribution in [-0.2, 0) is 5.41 Å². The number of rotatable bonds is 2. The normalized spacial score (nSPS) is 12.4. The molecule has 17 heavy (non-hydrogen) atoms. The molecule has 0 heterocycles. The summed E-state index contributed by atoms with van der Waals surface area (Å²) in [6, 6.07) is 8.35. The fourth-order valence-electron chi connectivity index (χ4n) is 1.41. The molecule has 1 rings (SSSR count). The summed E-state index contributed by atoms with van der Waals surface area (Å²) in [7, 11) is 0. The predicted molar refractivity (Wildman–Crippen MR) is 77.3 cm³/mol. The third kappa shape index (κ3) is 4.15. The molecule has 0 unspecified atom stereocenters. The maximum Gasteiger partial charge on any atom is 0.184 e. The van der Waals surface area contributed by atoms with Crippen LogP contribution in [0.1, 0.15) is 38.8 Å². The number of thiocarbonyl (C=S) groups is 1. The minimum Gasteiger partial charge on any atom is -0.375 e. The number of hydrazone groups is 1. The molecule has 1 aromatic carbocycles. The van der Waals surface area contributed by atoms with Crippen LogP contribution in [0.2, 0.25) is 0 Å². The van der Waals surface area contributed by atoms with Gasteiger partial charge >= 0.3 is 0 Å². The maximum absolute atomic E-state index is 5.31. The molecule has 0 radical (unpaired) electrons. The number of benzene rings is 1. The number of nitrogens with zero attached hydrogens (tertiary/aromatic N) is 1. The Morgan fingerprint density at radius 3 is 2.18 bits per heavy atom. The van der Waals surface area contributed by atoms with Gasteiger partial charge in [-0.25, -0.2) is 0 Å². The van der Waals surface area contributed by atoms with Gasteiger partial charge in [0.1, 0.15) is 0 Å². The van der Waals surface area contributed by atoms with Crippen molar-refractivity contribution in [3.63, 3.8) is 0 Å². The number of nitrogens with two attached hydrogens (primary N) is 1. The van der Waals surface area contributed by atoms with Crippen molar-refractivity contribution in [2.24, 2.45) is 10.8 Å². The van der Waals surface area contributed by atoms with E-state index in [0.717, 1.165) is 11.3 Å². The Labute approximate surface area is 108 Å². The van der Waals surface area contributed by atoms with E-state index in [1.165, 1.54) is 5.56 Å². The SMILES string of the molecule is C/C(=N/NC(N)=S)c1ccc(C(C)(C)C)cc1. The zero-order chi connectivity index (χ0) is 13.1. The number of hydrogen-bond acceptors (Lipinski definition) is 2. The molecule has 0 amide bonds. The first-order valence-corrected chi connectivity index (χ1v) is 5.92. The summed E-state index contributed by atoms with van der Waals surface area (Å²) in [5.41, 5.74) is 11.3. The minimum absolute atomic E-state index is 0.167. The van der Waals surface area contributed by atoms with Gasteiger partial charge in [-0.1, -0.05) is 45.0 Å². The van der Waals surface area contributed by atoms with Crippen molar-refractivity contribution in [3.05, 3.63) is 35.4 Å². The lowest BCUT2D eigenvalue weighted by Gasteiger charge is -2.19. The van der Waals surface area contributed by atoms with Crippen LogP contribution in [0.3, 0.4) is 0 Å². The Morgan fingerprint density at radius 2 is 1.76 bits per heavy atom. The van der Waals surface area contributed by atoms with Crippen molar-refractivity contribution in [3.8, 4) is 0 Å². The third-order valence-electron chi connectivity index (χ3n) is 2.50. The molecule has 0 aliphatic carbocycles. The van der Waals surface area contributed by atoms with Crippen LogP contribution in [0.5, 0.6) is 0 Å². The van der Waals surface area contributed by atoms with E-state index in [9.17, 15) is 0 Å². The molecule has 0 aliphatic rings. The molecule has 1 aromatic rings. The van der Waals surface area contributed by atoms with Gasteiger partial charge in [0, 0.05) is 0 Å². The van der Waals surface area contributed by atoms with Crippen molar-refractivity contribution >= 4 is 23.0 Å². The average Bonchev–Trinajstić information content (AvgIpc) is 2.25. The first-order chi connectivity index (χ1) is 7.80. The van der Waals surface area contributed by atoms with Crippen molar-refractivity contribution in [2.45, 2.75) is 33.1 Å². The van der Waals surface area contributed by atoms with Gasteiger partial charge in [-0.15, -0.1) is 0 Å². The molecule has 3 N–H and O–H groups in total. The second kappa shape index (κ2) is 5.27. The molecule has 0 aromatic heterocycles. The molecular formula is C13H19N3S. The Bertz CT molecular complexity index is 427. The average molecular weight is 249 g/mol. The molecule has 0 spiro atoms. The zero-order valence-electron chi connectivity index (χ0n) is 10.7. The summed E-state index contributed by atoms with van der Waals surface area (Å²) in [4.78, 5) is 0. The van der Waals surface area contributed by atoms with Crippen molar-refractivity contribution in [2.75, 3.05) is 0 Å². The number of hydrogen-bond donors (Lipinski definition) is 2. The second-order valence-electron chi connectivity index (χ2n) is 5.00. The Balaban J connectivity index is 2.88. The van der Waals surface area contributed by atoms with Gasteiger partial charge in [-0.2, -0.15) is 5.10 Å². The molecule has 4 heteroatoms. The summed E-state index contributed by atoms with van der Waals surface area (Å²) in [6.07, 6.45) is 0. The van der Waals surface area contributed by atoms with Crippen LogP contribution < -0.4 is 11.2 Å². The molecule has 3 nitrogen and oxygen atoms in total. The van der Waals surface area contributed by atoms with E-state index in [1.807, 2.05) is 6.92 Å². The van der Waals surface area contributed by atoms with Gasteiger partial charge in [-0.3, -0.25) is 5.43 Å². The molecule has 92 valence electrons. The van der Waals surface area contributed by atoms with Gasteiger partial charge in [-0.05, 0) is 35.7 Å². The minimum atomic E-state index is 0.167. The fourth-order valence-corrected chi connectivity index (χ4v) is 1.46. The molecule has 0 saturated carbocycles. The Morgan fingerprint density at radius 1 is 1.24 bits per heavy atom. The quantitative estimate of drug-likeness (QED) is 0.481. The van der Waals surface area contributed by atoms with E-state index in [1.54, 1.807) is 0 Å². The molecule has 0 saturated heterocycles. The lowest BCUT2D eigenvalue weighted by atomic mass is 9.86. The molecule has 0 aliphatic heterocycles. The zero-order valence-corrected chi connectivity index (χ0v) is 11.6. The molecule has 0 fully saturated rings. The highest BCUT2D eigenvalue weighted by Gasteiger charge is 2.12. The number of nitrogens with one attached hydrogen (secondary N) is 1. The summed E-state index contributed by atoms with van der Waals surface area (Å²) in [5.74, 6) is 0. The monoisotopic (exact) mass is 249 g/mol. The van der Waals surface area contributed by atoms with Gasteiger partial charge in [0.25, 0.3) is 0 Å². The van der Waals surface area contributed by atoms with Crippen LogP contribution in [-0.4, -0.2) is 10.8 Å². The van der Waals surface area contributed by atoms with Crippen LogP contribution in [0, 0.1) is 0 Å². The van der Waals surface area contributed by atoms with E-state index < -0.39 is 0 Å². The third-order valence-corrected chi connectivity index (χ3v) is 2.59. The van der Waals surface area contributed by atoms with Gasteiger partial charge < -0.3 is 5.73 Å². The fraction of sp³-hybridized carbons (Fsp3) is 0.385. The summed E-state index contributed by atoms with van der Waals surface area (Å²) < 4.78 is 0. The lowest BCUT2D eigenvalue weighted by molar-refractivity contribution is 0.590. The van der Waals surface area contributed by atoms with Crippen LogP contribution >= 0.6 is 12.2 Å². The Hall–Kier alpha value is -1.42. The van der Waals surface area contributed by atoms with Crippen molar-refractivity contribution in [1.82, 2.24) is 5.43 Å². The first kappa shape index (κ1) is 13.6. The highest BCUT2D eigenvalue weighted by molar-refractivity contribution is 7.80. The van der Waals surface area contributed by atoms with E-state index in [4.69, 9.17) is 18.0 Å². The van der Waals surface area contributed by atoms with Gasteiger partial charge in [0.2, 0.25) is 0 Å².